The standard InChI is InChI=1S/C20H27FN2O2/c21-18-10-4-1-7-15(18)11-12-22-19(24)16-8-2-3-9-17(16)20(25)23-13-5-6-14-23/h1,4,7,10,16-17H,2-3,5-6,8-9,11-14H2,(H,22,24)/t16-,17+/m1/s1. The summed E-state index contributed by atoms with van der Waals surface area (Å²) < 4.78 is 13.6. The number of carbonyl (C=O) groups excluding carboxylic acids is 2. The van der Waals surface area contributed by atoms with Crippen molar-refractivity contribution in [3.05, 3.63) is 35.6 Å². The maximum absolute atomic E-state index is 13.6. The summed E-state index contributed by atoms with van der Waals surface area (Å²) in [5.74, 6) is -0.542. The van der Waals surface area contributed by atoms with Crippen LogP contribution in [0.4, 0.5) is 4.39 Å². The van der Waals surface area contributed by atoms with Gasteiger partial charge in [0.25, 0.3) is 0 Å². The van der Waals surface area contributed by atoms with Crippen molar-refractivity contribution in [1.82, 2.24) is 10.2 Å². The second-order valence-corrected chi connectivity index (χ2v) is 7.16. The minimum atomic E-state index is -0.239. The van der Waals surface area contributed by atoms with Crippen molar-refractivity contribution >= 4 is 11.8 Å². The van der Waals surface area contributed by atoms with Crippen LogP contribution in [0.2, 0.25) is 0 Å². The zero-order chi connectivity index (χ0) is 17.6. The van der Waals surface area contributed by atoms with E-state index < -0.39 is 0 Å². The van der Waals surface area contributed by atoms with Crippen molar-refractivity contribution in [3.63, 3.8) is 0 Å². The normalized spacial score (nSPS) is 23.5. The van der Waals surface area contributed by atoms with Crippen molar-refractivity contribution in [2.45, 2.75) is 44.9 Å². The second kappa shape index (κ2) is 8.45. The summed E-state index contributed by atoms with van der Waals surface area (Å²) in [6, 6.07) is 6.63. The third-order valence-electron chi connectivity index (χ3n) is 5.49. The monoisotopic (exact) mass is 346 g/mol. The first-order valence-corrected chi connectivity index (χ1v) is 9.46. The fourth-order valence-corrected chi connectivity index (χ4v) is 4.06. The summed E-state index contributed by atoms with van der Waals surface area (Å²) in [5, 5.41) is 2.93. The topological polar surface area (TPSA) is 49.4 Å². The maximum atomic E-state index is 13.6. The fourth-order valence-electron chi connectivity index (χ4n) is 4.06. The molecule has 3 rings (SSSR count). The number of hydrogen-bond acceptors (Lipinski definition) is 2. The Morgan fingerprint density at radius 2 is 1.72 bits per heavy atom. The second-order valence-electron chi connectivity index (χ2n) is 7.16. The number of nitrogens with zero attached hydrogens (tertiary/aromatic N) is 1. The molecular formula is C20H27FN2O2. The molecule has 25 heavy (non-hydrogen) atoms. The van der Waals surface area contributed by atoms with Gasteiger partial charge < -0.3 is 10.2 Å². The van der Waals surface area contributed by atoms with E-state index in [-0.39, 0.29) is 29.5 Å². The van der Waals surface area contributed by atoms with Gasteiger partial charge >= 0.3 is 0 Å². The zero-order valence-corrected chi connectivity index (χ0v) is 14.7. The van der Waals surface area contributed by atoms with Crippen LogP contribution in [0.5, 0.6) is 0 Å². The van der Waals surface area contributed by atoms with Gasteiger partial charge in [-0.25, -0.2) is 4.39 Å². The molecule has 2 fully saturated rings. The number of hydrogen-bond donors (Lipinski definition) is 1. The molecule has 136 valence electrons. The van der Waals surface area contributed by atoms with Crippen molar-refractivity contribution in [2.24, 2.45) is 11.8 Å². The molecular weight excluding hydrogens is 319 g/mol. The molecule has 4 nitrogen and oxygen atoms in total. The summed E-state index contributed by atoms with van der Waals surface area (Å²) in [4.78, 5) is 27.3. The molecule has 1 aliphatic heterocycles. The summed E-state index contributed by atoms with van der Waals surface area (Å²) in [6.45, 7) is 2.06. The average Bonchev–Trinajstić information content (AvgIpc) is 3.17. The average molecular weight is 346 g/mol. The lowest BCUT2D eigenvalue weighted by atomic mass is 9.78. The van der Waals surface area contributed by atoms with Gasteiger partial charge in [0.1, 0.15) is 5.82 Å². The number of nitrogens with one attached hydrogen (secondary N) is 1. The van der Waals surface area contributed by atoms with Gasteiger partial charge in [0, 0.05) is 31.5 Å². The highest BCUT2D eigenvalue weighted by molar-refractivity contribution is 5.88. The highest BCUT2D eigenvalue weighted by Crippen LogP contribution is 2.32. The van der Waals surface area contributed by atoms with Crippen LogP contribution in [0.3, 0.4) is 0 Å². The quantitative estimate of drug-likeness (QED) is 0.891. The first kappa shape index (κ1) is 17.9. The number of benzene rings is 1. The molecule has 5 heteroatoms. The fraction of sp³-hybridized carbons (Fsp3) is 0.600. The Balaban J connectivity index is 1.55. The number of amides is 2. The first-order chi connectivity index (χ1) is 12.2. The number of rotatable bonds is 5. The van der Waals surface area contributed by atoms with Crippen LogP contribution < -0.4 is 5.32 Å². The van der Waals surface area contributed by atoms with Crippen LogP contribution in [0.25, 0.3) is 0 Å². The van der Waals surface area contributed by atoms with Gasteiger partial charge in [0.2, 0.25) is 11.8 Å². The molecule has 1 saturated heterocycles. The maximum Gasteiger partial charge on any atom is 0.226 e. The Hall–Kier alpha value is -1.91. The van der Waals surface area contributed by atoms with E-state index in [4.69, 9.17) is 0 Å². The Kier molecular flexibility index (Phi) is 6.05. The largest absolute Gasteiger partial charge is 0.356 e. The molecule has 0 unspecified atom stereocenters. The van der Waals surface area contributed by atoms with E-state index in [0.29, 0.717) is 18.5 Å². The van der Waals surface area contributed by atoms with E-state index in [9.17, 15) is 14.0 Å². The summed E-state index contributed by atoms with van der Waals surface area (Å²) >= 11 is 0. The molecule has 2 aliphatic rings. The Bertz CT molecular complexity index is 613. The predicted octanol–water partition coefficient (Wildman–Crippen LogP) is 2.91. The van der Waals surface area contributed by atoms with Gasteiger partial charge in [-0.3, -0.25) is 9.59 Å². The number of likely N-dealkylation sites (tertiary alicyclic amines) is 1. The molecule has 1 N–H and O–H groups in total. The van der Waals surface area contributed by atoms with Crippen LogP contribution in [0.15, 0.2) is 24.3 Å². The van der Waals surface area contributed by atoms with Gasteiger partial charge in [-0.1, -0.05) is 31.0 Å². The van der Waals surface area contributed by atoms with Crippen molar-refractivity contribution in [3.8, 4) is 0 Å². The van der Waals surface area contributed by atoms with Crippen molar-refractivity contribution < 1.29 is 14.0 Å². The lowest BCUT2D eigenvalue weighted by molar-refractivity contribution is -0.142. The molecule has 1 aliphatic carbocycles. The van der Waals surface area contributed by atoms with Crippen LogP contribution in [0.1, 0.15) is 44.1 Å². The van der Waals surface area contributed by atoms with E-state index in [1.165, 1.54) is 6.07 Å². The minimum absolute atomic E-state index is 0.0476. The minimum Gasteiger partial charge on any atom is -0.356 e. The predicted molar refractivity (Wildman–Crippen MR) is 94.4 cm³/mol. The lowest BCUT2D eigenvalue weighted by Crippen LogP contribution is -2.45. The summed E-state index contributed by atoms with van der Waals surface area (Å²) in [7, 11) is 0. The molecule has 0 aromatic heterocycles. The van der Waals surface area contributed by atoms with Gasteiger partial charge in [-0.05, 0) is 43.7 Å². The molecule has 0 spiro atoms. The van der Waals surface area contributed by atoms with E-state index in [1.54, 1.807) is 18.2 Å². The summed E-state index contributed by atoms with van der Waals surface area (Å²) in [6.07, 6.45) is 6.20. The third-order valence-corrected chi connectivity index (χ3v) is 5.49. The van der Waals surface area contributed by atoms with Crippen LogP contribution in [-0.4, -0.2) is 36.3 Å². The molecule has 0 bridgehead atoms. The molecule has 2 atom stereocenters. The van der Waals surface area contributed by atoms with E-state index >= 15 is 0 Å². The van der Waals surface area contributed by atoms with Crippen molar-refractivity contribution in [1.29, 1.82) is 0 Å². The van der Waals surface area contributed by atoms with Crippen molar-refractivity contribution in [2.75, 3.05) is 19.6 Å². The molecule has 1 heterocycles. The Labute approximate surface area is 148 Å². The van der Waals surface area contributed by atoms with Gasteiger partial charge in [0.15, 0.2) is 0 Å². The third kappa shape index (κ3) is 4.39. The van der Waals surface area contributed by atoms with E-state index in [0.717, 1.165) is 51.6 Å². The lowest BCUT2D eigenvalue weighted by Gasteiger charge is -2.32. The van der Waals surface area contributed by atoms with E-state index in [1.807, 2.05) is 4.90 Å². The van der Waals surface area contributed by atoms with Gasteiger partial charge in [-0.15, -0.1) is 0 Å². The molecule has 1 saturated carbocycles. The highest BCUT2D eigenvalue weighted by Gasteiger charge is 2.38. The molecule has 1 aromatic carbocycles. The molecule has 2 amide bonds. The zero-order valence-electron chi connectivity index (χ0n) is 14.7. The highest BCUT2D eigenvalue weighted by atomic mass is 19.1. The van der Waals surface area contributed by atoms with E-state index in [2.05, 4.69) is 5.32 Å². The SMILES string of the molecule is O=C(NCCc1ccccc1F)[C@@H]1CCCC[C@@H]1C(=O)N1CCCC1. The molecule has 0 radical (unpaired) electrons. The number of carbonyl (C=O) groups is 2. The van der Waals surface area contributed by atoms with Crippen LogP contribution in [-0.2, 0) is 16.0 Å². The summed E-state index contributed by atoms with van der Waals surface area (Å²) in [5.41, 5.74) is 0.608. The van der Waals surface area contributed by atoms with Crippen LogP contribution >= 0.6 is 0 Å². The van der Waals surface area contributed by atoms with Gasteiger partial charge in [0.05, 0.1) is 0 Å². The smallest absolute Gasteiger partial charge is 0.226 e. The first-order valence-electron chi connectivity index (χ1n) is 9.46. The Morgan fingerprint density at radius 1 is 1.04 bits per heavy atom. The van der Waals surface area contributed by atoms with Gasteiger partial charge in [-0.2, -0.15) is 0 Å². The number of halogens is 1. The Morgan fingerprint density at radius 3 is 2.44 bits per heavy atom. The molecule has 1 aromatic rings. The van der Waals surface area contributed by atoms with Crippen LogP contribution in [0, 0.1) is 17.7 Å².